The molecule has 0 aliphatic rings. The van der Waals surface area contributed by atoms with E-state index in [9.17, 15) is 4.79 Å². The summed E-state index contributed by atoms with van der Waals surface area (Å²) in [6, 6.07) is 3.48. The highest BCUT2D eigenvalue weighted by molar-refractivity contribution is 9.10. The largest absolute Gasteiger partial charge is 0.294 e. The van der Waals surface area contributed by atoms with E-state index >= 15 is 0 Å². The molecule has 0 spiro atoms. The molecule has 0 saturated carbocycles. The Bertz CT molecular complexity index is 560. The van der Waals surface area contributed by atoms with Gasteiger partial charge in [0.2, 0.25) is 0 Å². The Morgan fingerprint density at radius 1 is 1.29 bits per heavy atom. The Morgan fingerprint density at radius 3 is 2.82 bits per heavy atom. The van der Waals surface area contributed by atoms with Gasteiger partial charge in [-0.1, -0.05) is 11.6 Å². The van der Waals surface area contributed by atoms with Crippen molar-refractivity contribution < 1.29 is 4.79 Å². The molecule has 2 heterocycles. The zero-order valence-electron chi connectivity index (χ0n) is 8.73. The molecule has 0 amide bonds. The minimum Gasteiger partial charge on any atom is -0.294 e. The molecule has 0 atom stereocenters. The van der Waals surface area contributed by atoms with Gasteiger partial charge in [0.1, 0.15) is 0 Å². The topological polar surface area (TPSA) is 42.9 Å². The van der Waals surface area contributed by atoms with E-state index in [0.29, 0.717) is 10.6 Å². The van der Waals surface area contributed by atoms with Crippen LogP contribution in [0.25, 0.3) is 0 Å². The number of Topliss-reactive ketones (excluding diaryl/α,β-unsaturated/α-hetero) is 1. The van der Waals surface area contributed by atoms with Crippen LogP contribution in [0, 0.1) is 0 Å². The van der Waals surface area contributed by atoms with E-state index < -0.39 is 0 Å². The van der Waals surface area contributed by atoms with E-state index in [1.54, 1.807) is 24.7 Å². The van der Waals surface area contributed by atoms with Crippen molar-refractivity contribution in [3.63, 3.8) is 0 Å². The third-order valence-electron chi connectivity index (χ3n) is 2.20. The molecule has 86 valence electrons. The second kappa shape index (κ2) is 5.38. The van der Waals surface area contributed by atoms with E-state index in [-0.39, 0.29) is 12.2 Å². The summed E-state index contributed by atoms with van der Waals surface area (Å²) < 4.78 is 0.851. The van der Waals surface area contributed by atoms with Gasteiger partial charge in [-0.2, -0.15) is 0 Å². The molecule has 0 N–H and O–H groups in total. The van der Waals surface area contributed by atoms with E-state index in [4.69, 9.17) is 11.6 Å². The lowest BCUT2D eigenvalue weighted by Crippen LogP contribution is -2.04. The number of hydrogen-bond donors (Lipinski definition) is 0. The molecule has 0 unspecified atom stereocenters. The molecule has 0 aliphatic heterocycles. The molecule has 0 aliphatic carbocycles. The molecule has 0 bridgehead atoms. The normalized spacial score (nSPS) is 10.2. The standard InChI is InChI=1S/C12H8BrClN2O/c13-9-3-8(5-16-6-9)4-12(17)10-1-2-15-7-11(10)14/h1-3,5-7H,4H2. The second-order valence-corrected chi connectivity index (χ2v) is 4.79. The Kier molecular flexibility index (Phi) is 3.86. The van der Waals surface area contributed by atoms with E-state index in [0.717, 1.165) is 10.0 Å². The van der Waals surface area contributed by atoms with Gasteiger partial charge in [0.15, 0.2) is 5.78 Å². The molecule has 2 aromatic heterocycles. The fraction of sp³-hybridized carbons (Fsp3) is 0.0833. The number of nitrogens with zero attached hydrogens (tertiary/aromatic N) is 2. The maximum absolute atomic E-state index is 12.0. The SMILES string of the molecule is O=C(Cc1cncc(Br)c1)c1ccncc1Cl. The zero-order chi connectivity index (χ0) is 12.3. The van der Waals surface area contributed by atoms with Crippen LogP contribution in [-0.4, -0.2) is 15.8 Å². The Morgan fingerprint density at radius 2 is 2.12 bits per heavy atom. The van der Waals surface area contributed by atoms with Crippen molar-refractivity contribution in [1.29, 1.82) is 0 Å². The number of carbonyl (C=O) groups excluding carboxylic acids is 1. The maximum atomic E-state index is 12.0. The van der Waals surface area contributed by atoms with Crippen LogP contribution in [-0.2, 0) is 6.42 Å². The lowest BCUT2D eigenvalue weighted by molar-refractivity contribution is 0.0993. The number of carbonyl (C=O) groups is 1. The lowest BCUT2D eigenvalue weighted by atomic mass is 10.1. The van der Waals surface area contributed by atoms with Gasteiger partial charge in [-0.05, 0) is 33.6 Å². The molecular weight excluding hydrogens is 304 g/mol. The minimum absolute atomic E-state index is 0.0442. The second-order valence-electron chi connectivity index (χ2n) is 3.47. The van der Waals surface area contributed by atoms with Crippen LogP contribution in [0.2, 0.25) is 5.02 Å². The summed E-state index contributed by atoms with van der Waals surface area (Å²) in [5.41, 5.74) is 1.33. The number of pyridine rings is 2. The highest BCUT2D eigenvalue weighted by atomic mass is 79.9. The molecule has 5 heteroatoms. The zero-order valence-corrected chi connectivity index (χ0v) is 11.1. The third-order valence-corrected chi connectivity index (χ3v) is 2.93. The third kappa shape index (κ3) is 3.11. The number of hydrogen-bond acceptors (Lipinski definition) is 3. The van der Waals surface area contributed by atoms with Crippen LogP contribution < -0.4 is 0 Å². The molecule has 0 saturated heterocycles. The summed E-state index contributed by atoms with van der Waals surface area (Å²) in [6.45, 7) is 0. The van der Waals surface area contributed by atoms with E-state index in [1.807, 2.05) is 6.07 Å². The summed E-state index contributed by atoms with van der Waals surface area (Å²) >= 11 is 9.22. The van der Waals surface area contributed by atoms with Gasteiger partial charge in [0.25, 0.3) is 0 Å². The van der Waals surface area contributed by atoms with Crippen LogP contribution >= 0.6 is 27.5 Å². The quantitative estimate of drug-likeness (QED) is 0.817. The number of aromatic nitrogens is 2. The first-order valence-corrected chi connectivity index (χ1v) is 6.06. The van der Waals surface area contributed by atoms with E-state index in [2.05, 4.69) is 25.9 Å². The first-order chi connectivity index (χ1) is 8.16. The van der Waals surface area contributed by atoms with Gasteiger partial charge >= 0.3 is 0 Å². The Balaban J connectivity index is 2.20. The highest BCUT2D eigenvalue weighted by Gasteiger charge is 2.11. The summed E-state index contributed by atoms with van der Waals surface area (Å²) in [4.78, 5) is 19.8. The van der Waals surface area contributed by atoms with Crippen LogP contribution in [0.15, 0.2) is 41.4 Å². The number of rotatable bonds is 3. The maximum Gasteiger partial charge on any atom is 0.168 e. The van der Waals surface area contributed by atoms with Crippen molar-refractivity contribution in [3.05, 3.63) is 57.5 Å². The minimum atomic E-state index is -0.0442. The van der Waals surface area contributed by atoms with Gasteiger partial charge < -0.3 is 0 Å². The summed E-state index contributed by atoms with van der Waals surface area (Å²) in [7, 11) is 0. The van der Waals surface area contributed by atoms with Crippen molar-refractivity contribution in [3.8, 4) is 0 Å². The van der Waals surface area contributed by atoms with Crippen molar-refractivity contribution in [2.24, 2.45) is 0 Å². The van der Waals surface area contributed by atoms with Gasteiger partial charge in [-0.15, -0.1) is 0 Å². The fourth-order valence-electron chi connectivity index (χ4n) is 1.43. The molecular formula is C12H8BrClN2O. The molecule has 0 fully saturated rings. The summed E-state index contributed by atoms with van der Waals surface area (Å²) in [5.74, 6) is -0.0442. The molecule has 2 aromatic rings. The van der Waals surface area contributed by atoms with Gasteiger partial charge in [-0.3, -0.25) is 14.8 Å². The molecule has 17 heavy (non-hydrogen) atoms. The van der Waals surface area contributed by atoms with Crippen LogP contribution in [0.5, 0.6) is 0 Å². The van der Waals surface area contributed by atoms with Crippen LogP contribution in [0.3, 0.4) is 0 Å². The average molecular weight is 312 g/mol. The fourth-order valence-corrected chi connectivity index (χ4v) is 2.07. The van der Waals surface area contributed by atoms with Gasteiger partial charge in [-0.25, -0.2) is 0 Å². The van der Waals surface area contributed by atoms with Crippen molar-refractivity contribution in [2.45, 2.75) is 6.42 Å². The number of ketones is 1. The number of halogens is 2. The van der Waals surface area contributed by atoms with Crippen LogP contribution in [0.4, 0.5) is 0 Å². The molecule has 0 aromatic carbocycles. The van der Waals surface area contributed by atoms with Crippen molar-refractivity contribution >= 4 is 33.3 Å². The molecule has 3 nitrogen and oxygen atoms in total. The Hall–Kier alpha value is -1.26. The van der Waals surface area contributed by atoms with E-state index in [1.165, 1.54) is 6.20 Å². The average Bonchev–Trinajstić information content (AvgIpc) is 2.29. The van der Waals surface area contributed by atoms with Crippen molar-refractivity contribution in [2.75, 3.05) is 0 Å². The predicted octanol–water partition coefficient (Wildman–Crippen LogP) is 3.32. The Labute approximate surface area is 112 Å². The lowest BCUT2D eigenvalue weighted by Gasteiger charge is -2.03. The summed E-state index contributed by atoms with van der Waals surface area (Å²) in [6.07, 6.45) is 6.63. The monoisotopic (exact) mass is 310 g/mol. The van der Waals surface area contributed by atoms with Gasteiger partial charge in [0, 0.05) is 41.2 Å². The first-order valence-electron chi connectivity index (χ1n) is 4.89. The predicted molar refractivity (Wildman–Crippen MR) is 69.2 cm³/mol. The highest BCUT2D eigenvalue weighted by Crippen LogP contribution is 2.17. The van der Waals surface area contributed by atoms with Crippen molar-refractivity contribution in [1.82, 2.24) is 9.97 Å². The molecule has 0 radical (unpaired) electrons. The smallest absolute Gasteiger partial charge is 0.168 e. The first kappa shape index (κ1) is 12.2. The summed E-state index contributed by atoms with van der Waals surface area (Å²) in [5, 5.41) is 0.375. The van der Waals surface area contributed by atoms with Crippen LogP contribution in [0.1, 0.15) is 15.9 Å². The van der Waals surface area contributed by atoms with Gasteiger partial charge in [0.05, 0.1) is 5.02 Å². The molecule has 2 rings (SSSR count).